The van der Waals surface area contributed by atoms with E-state index in [0.29, 0.717) is 26.2 Å². The van der Waals surface area contributed by atoms with Gasteiger partial charge in [-0.3, -0.25) is 9.69 Å². The molecule has 0 aliphatic carbocycles. The van der Waals surface area contributed by atoms with E-state index in [0.717, 1.165) is 17.5 Å². The van der Waals surface area contributed by atoms with Crippen molar-refractivity contribution < 1.29 is 14.3 Å². The smallest absolute Gasteiger partial charge is 0.256 e. The lowest BCUT2D eigenvalue weighted by Crippen LogP contribution is -2.57. The Morgan fingerprint density at radius 2 is 1.87 bits per heavy atom. The van der Waals surface area contributed by atoms with Gasteiger partial charge < -0.3 is 10.0 Å². The van der Waals surface area contributed by atoms with Crippen LogP contribution in [0.15, 0.2) is 12.1 Å². The topological polar surface area (TPSA) is 43.8 Å². The molecule has 128 valence electrons. The van der Waals surface area contributed by atoms with Gasteiger partial charge in [0.2, 0.25) is 0 Å². The van der Waals surface area contributed by atoms with Crippen molar-refractivity contribution >= 4 is 5.91 Å². The lowest BCUT2D eigenvalue weighted by molar-refractivity contribution is 0.0162. The molecule has 0 aromatic heterocycles. The third kappa shape index (κ3) is 3.72. The second kappa shape index (κ2) is 6.97. The average Bonchev–Trinajstić information content (AvgIpc) is 2.56. The third-order valence-corrected chi connectivity index (χ3v) is 4.85. The number of carbonyl (C=O) groups excluding carboxylic acids is 1. The van der Waals surface area contributed by atoms with E-state index in [9.17, 15) is 14.3 Å². The highest BCUT2D eigenvalue weighted by molar-refractivity contribution is 5.95. The maximum atomic E-state index is 14.3. The molecule has 0 radical (unpaired) electrons. The number of nitrogens with zero attached hydrogens (tertiary/aromatic N) is 2. The molecule has 1 aromatic rings. The number of benzene rings is 1. The van der Waals surface area contributed by atoms with Gasteiger partial charge in [-0.2, -0.15) is 0 Å². The molecule has 4 nitrogen and oxygen atoms in total. The highest BCUT2D eigenvalue weighted by atomic mass is 19.1. The first-order chi connectivity index (χ1) is 10.8. The van der Waals surface area contributed by atoms with Crippen LogP contribution < -0.4 is 0 Å². The van der Waals surface area contributed by atoms with Crippen LogP contribution in [0.5, 0.6) is 0 Å². The summed E-state index contributed by atoms with van der Waals surface area (Å²) in [6.07, 6.45) is 0.756. The van der Waals surface area contributed by atoms with Crippen molar-refractivity contribution in [2.24, 2.45) is 0 Å². The second-order valence-electron chi connectivity index (χ2n) is 6.86. The second-order valence-corrected chi connectivity index (χ2v) is 6.86. The van der Waals surface area contributed by atoms with E-state index in [-0.39, 0.29) is 23.6 Å². The molecule has 5 heteroatoms. The number of aliphatic hydroxyl groups excluding tert-OH is 1. The summed E-state index contributed by atoms with van der Waals surface area (Å²) in [6, 6.07) is 3.15. The number of aliphatic hydroxyl groups is 1. The molecule has 1 aliphatic heterocycles. The highest BCUT2D eigenvalue weighted by Crippen LogP contribution is 2.21. The summed E-state index contributed by atoms with van der Waals surface area (Å²) in [7, 11) is 0. The van der Waals surface area contributed by atoms with Crippen molar-refractivity contribution in [1.29, 1.82) is 0 Å². The molecular formula is C18H27FN2O2. The Bertz CT molecular complexity index is 579. The highest BCUT2D eigenvalue weighted by Gasteiger charge is 2.31. The van der Waals surface area contributed by atoms with Gasteiger partial charge in [-0.05, 0) is 50.5 Å². The van der Waals surface area contributed by atoms with Gasteiger partial charge in [0.1, 0.15) is 5.82 Å². The Balaban J connectivity index is 2.10. The number of amides is 1. The molecule has 2 rings (SSSR count). The van der Waals surface area contributed by atoms with Crippen LogP contribution in [0, 0.1) is 12.7 Å². The number of hydrogen-bond donors (Lipinski definition) is 1. The van der Waals surface area contributed by atoms with Crippen molar-refractivity contribution in [2.45, 2.75) is 39.7 Å². The summed E-state index contributed by atoms with van der Waals surface area (Å²) in [5.74, 6) is -0.676. The van der Waals surface area contributed by atoms with Gasteiger partial charge in [0, 0.05) is 31.7 Å². The summed E-state index contributed by atoms with van der Waals surface area (Å²) in [4.78, 5) is 16.5. The first-order valence-electron chi connectivity index (χ1n) is 8.24. The van der Waals surface area contributed by atoms with Gasteiger partial charge in [0.25, 0.3) is 5.91 Å². The molecule has 23 heavy (non-hydrogen) atoms. The Morgan fingerprint density at radius 3 is 2.39 bits per heavy atom. The molecule has 1 heterocycles. The fourth-order valence-corrected chi connectivity index (χ4v) is 3.05. The zero-order valence-electron chi connectivity index (χ0n) is 14.5. The fraction of sp³-hybridized carbons (Fsp3) is 0.611. The SMILES string of the molecule is CCc1cc(F)c(C(=O)N2CCN(C(C)(C)CO)CC2)cc1C. The van der Waals surface area contributed by atoms with E-state index >= 15 is 0 Å². The fourth-order valence-electron chi connectivity index (χ4n) is 3.05. The van der Waals surface area contributed by atoms with Crippen LogP contribution in [-0.4, -0.2) is 59.1 Å². The van der Waals surface area contributed by atoms with Crippen LogP contribution in [0.2, 0.25) is 0 Å². The average molecular weight is 322 g/mol. The summed E-state index contributed by atoms with van der Waals surface area (Å²) >= 11 is 0. The van der Waals surface area contributed by atoms with Gasteiger partial charge in [0.05, 0.1) is 12.2 Å². The van der Waals surface area contributed by atoms with E-state index in [1.54, 1.807) is 11.0 Å². The standard InChI is InChI=1S/C18H27FN2O2/c1-5-14-11-16(19)15(10-13(14)2)17(23)20-6-8-21(9-7-20)18(3,4)12-22/h10-11,22H,5-9,12H2,1-4H3. The quantitative estimate of drug-likeness (QED) is 0.924. The zero-order valence-corrected chi connectivity index (χ0v) is 14.5. The largest absolute Gasteiger partial charge is 0.394 e. The van der Waals surface area contributed by atoms with Crippen molar-refractivity contribution in [2.75, 3.05) is 32.8 Å². The number of halogens is 1. The predicted octanol–water partition coefficient (Wildman–Crippen LogP) is 2.23. The Morgan fingerprint density at radius 1 is 1.26 bits per heavy atom. The van der Waals surface area contributed by atoms with Crippen molar-refractivity contribution in [3.05, 3.63) is 34.6 Å². The van der Waals surface area contributed by atoms with Gasteiger partial charge >= 0.3 is 0 Å². The minimum Gasteiger partial charge on any atom is -0.394 e. The van der Waals surface area contributed by atoms with Crippen LogP contribution >= 0.6 is 0 Å². The molecule has 1 N–H and O–H groups in total. The van der Waals surface area contributed by atoms with Crippen molar-refractivity contribution in [3.63, 3.8) is 0 Å². The van der Waals surface area contributed by atoms with Gasteiger partial charge in [0.15, 0.2) is 0 Å². The number of aryl methyl sites for hydroxylation is 2. The van der Waals surface area contributed by atoms with Crippen LogP contribution in [0.25, 0.3) is 0 Å². The number of carbonyl (C=O) groups is 1. The van der Waals surface area contributed by atoms with Crippen molar-refractivity contribution in [3.8, 4) is 0 Å². The molecule has 0 unspecified atom stereocenters. The Kier molecular flexibility index (Phi) is 5.42. The number of rotatable bonds is 4. The van der Waals surface area contributed by atoms with Crippen molar-refractivity contribution in [1.82, 2.24) is 9.80 Å². The minimum absolute atomic E-state index is 0.0766. The van der Waals surface area contributed by atoms with Crippen LogP contribution in [0.1, 0.15) is 42.3 Å². The molecule has 1 aliphatic rings. The maximum absolute atomic E-state index is 14.3. The minimum atomic E-state index is -0.435. The lowest BCUT2D eigenvalue weighted by atomic mass is 10.0. The van der Waals surface area contributed by atoms with Gasteiger partial charge in [-0.1, -0.05) is 6.92 Å². The first-order valence-corrected chi connectivity index (χ1v) is 8.24. The number of hydrogen-bond acceptors (Lipinski definition) is 3. The van der Waals surface area contributed by atoms with E-state index in [1.807, 2.05) is 27.7 Å². The summed E-state index contributed by atoms with van der Waals surface area (Å²) in [6.45, 7) is 10.4. The summed E-state index contributed by atoms with van der Waals surface area (Å²) < 4.78 is 14.3. The molecule has 1 saturated heterocycles. The van der Waals surface area contributed by atoms with E-state index in [1.165, 1.54) is 6.07 Å². The summed E-state index contributed by atoms with van der Waals surface area (Å²) in [5.41, 5.74) is 1.76. The first kappa shape index (κ1) is 17.9. The summed E-state index contributed by atoms with van der Waals surface area (Å²) in [5, 5.41) is 9.44. The monoisotopic (exact) mass is 322 g/mol. The molecule has 1 aromatic carbocycles. The molecule has 0 spiro atoms. The molecular weight excluding hydrogens is 295 g/mol. The molecule has 1 amide bonds. The van der Waals surface area contributed by atoms with Gasteiger partial charge in [-0.15, -0.1) is 0 Å². The molecule has 1 fully saturated rings. The van der Waals surface area contributed by atoms with Crippen LogP contribution in [0.3, 0.4) is 0 Å². The van der Waals surface area contributed by atoms with E-state index < -0.39 is 5.82 Å². The van der Waals surface area contributed by atoms with Crippen LogP contribution in [0.4, 0.5) is 4.39 Å². The Labute approximate surface area is 137 Å². The Hall–Kier alpha value is -1.46. The normalized spacial score (nSPS) is 16.7. The molecule has 0 bridgehead atoms. The number of piperazine rings is 1. The van der Waals surface area contributed by atoms with Crippen LogP contribution in [-0.2, 0) is 6.42 Å². The zero-order chi connectivity index (χ0) is 17.2. The predicted molar refractivity (Wildman–Crippen MR) is 89.2 cm³/mol. The molecule has 0 saturated carbocycles. The molecule has 0 atom stereocenters. The van der Waals surface area contributed by atoms with E-state index in [2.05, 4.69) is 4.90 Å². The van der Waals surface area contributed by atoms with E-state index in [4.69, 9.17) is 0 Å². The third-order valence-electron chi connectivity index (χ3n) is 4.85. The maximum Gasteiger partial charge on any atom is 0.256 e. The lowest BCUT2D eigenvalue weighted by Gasteiger charge is -2.43. The van der Waals surface area contributed by atoms with Gasteiger partial charge in [-0.25, -0.2) is 4.39 Å².